The summed E-state index contributed by atoms with van der Waals surface area (Å²) in [5, 5.41) is 14.2. The van der Waals surface area contributed by atoms with Crippen LogP contribution in [0.15, 0.2) is 77.4 Å². The molecule has 28 heavy (non-hydrogen) atoms. The lowest BCUT2D eigenvalue weighted by atomic mass is 10.0. The summed E-state index contributed by atoms with van der Waals surface area (Å²) in [4.78, 5) is 20.8. The highest BCUT2D eigenvalue weighted by molar-refractivity contribution is 7.99. The van der Waals surface area contributed by atoms with Crippen molar-refractivity contribution in [1.82, 2.24) is 20.2 Å². The number of nitrogens with one attached hydrogen (secondary N) is 1. The highest BCUT2D eigenvalue weighted by atomic mass is 32.2. The van der Waals surface area contributed by atoms with Gasteiger partial charge in [0.05, 0.1) is 5.75 Å². The highest BCUT2D eigenvalue weighted by Gasteiger charge is 2.14. The number of carbonyl (C=O) groups excluding carboxylic acids is 1. The van der Waals surface area contributed by atoms with Crippen molar-refractivity contribution in [3.63, 3.8) is 0 Å². The quantitative estimate of drug-likeness (QED) is 0.479. The third kappa shape index (κ3) is 4.41. The van der Waals surface area contributed by atoms with Crippen molar-refractivity contribution in [1.29, 1.82) is 0 Å². The molecule has 0 saturated carbocycles. The summed E-state index contributed by atoms with van der Waals surface area (Å²) in [5.41, 5.74) is 3.35. The zero-order valence-electron chi connectivity index (χ0n) is 14.6. The molecule has 0 atom stereocenters. The van der Waals surface area contributed by atoms with Crippen LogP contribution in [0, 0.1) is 0 Å². The number of hydrogen-bond acceptors (Lipinski definition) is 7. The van der Waals surface area contributed by atoms with Gasteiger partial charge in [0.1, 0.15) is 11.4 Å². The lowest BCUT2D eigenvalue weighted by Gasteiger charge is -2.09. The Morgan fingerprint density at radius 1 is 0.929 bits per heavy atom. The van der Waals surface area contributed by atoms with Crippen molar-refractivity contribution in [3.05, 3.63) is 72.2 Å². The summed E-state index contributed by atoms with van der Waals surface area (Å²) in [5.74, 6) is 0.0251. The zero-order chi connectivity index (χ0) is 19.2. The minimum absolute atomic E-state index is 0.156. The summed E-state index contributed by atoms with van der Waals surface area (Å²) < 4.78 is 0. The number of carbonyl (C=O) groups is 1. The number of anilines is 1. The second-order valence-electron chi connectivity index (χ2n) is 5.70. The van der Waals surface area contributed by atoms with Crippen molar-refractivity contribution in [3.8, 4) is 22.5 Å². The number of thiazole rings is 1. The molecule has 0 fully saturated rings. The van der Waals surface area contributed by atoms with Gasteiger partial charge in [-0.15, -0.1) is 21.5 Å². The van der Waals surface area contributed by atoms with E-state index in [0.29, 0.717) is 16.0 Å². The molecule has 2 aromatic heterocycles. The Hall–Kier alpha value is -3.10. The Bertz CT molecular complexity index is 1060. The number of thioether (sulfide) groups is 1. The lowest BCUT2D eigenvalue weighted by Crippen LogP contribution is -2.14. The molecule has 0 radical (unpaired) electrons. The lowest BCUT2D eigenvalue weighted by molar-refractivity contribution is -0.113. The van der Waals surface area contributed by atoms with Crippen LogP contribution in [-0.4, -0.2) is 31.8 Å². The van der Waals surface area contributed by atoms with Gasteiger partial charge in [0, 0.05) is 22.7 Å². The van der Waals surface area contributed by atoms with Gasteiger partial charge < -0.3 is 5.32 Å². The average Bonchev–Trinajstić information content (AvgIpc) is 3.26. The molecular formula is C20H15N5OS2. The molecule has 4 rings (SSSR count). The van der Waals surface area contributed by atoms with Crippen molar-refractivity contribution < 1.29 is 4.79 Å². The van der Waals surface area contributed by atoms with E-state index in [1.807, 2.05) is 66.0 Å². The summed E-state index contributed by atoms with van der Waals surface area (Å²) in [6.45, 7) is 0. The molecule has 0 aliphatic carbocycles. The summed E-state index contributed by atoms with van der Waals surface area (Å²) >= 11 is 2.62. The Labute approximate surface area is 170 Å². The predicted octanol–water partition coefficient (Wildman–Crippen LogP) is 4.39. The van der Waals surface area contributed by atoms with E-state index in [4.69, 9.17) is 0 Å². The topological polar surface area (TPSA) is 80.7 Å². The maximum Gasteiger partial charge on any atom is 0.236 e. The van der Waals surface area contributed by atoms with Gasteiger partial charge in [-0.3, -0.25) is 4.79 Å². The molecule has 1 amide bonds. The van der Waals surface area contributed by atoms with Crippen LogP contribution in [0.25, 0.3) is 22.5 Å². The Kier molecular flexibility index (Phi) is 5.69. The van der Waals surface area contributed by atoms with Crippen LogP contribution in [0.1, 0.15) is 0 Å². The fourth-order valence-corrected chi connectivity index (χ4v) is 3.66. The highest BCUT2D eigenvalue weighted by Crippen LogP contribution is 2.29. The van der Waals surface area contributed by atoms with Gasteiger partial charge in [-0.05, 0) is 0 Å². The molecular weight excluding hydrogens is 390 g/mol. The second-order valence-corrected chi connectivity index (χ2v) is 7.53. The number of hydrogen-bond donors (Lipinski definition) is 1. The van der Waals surface area contributed by atoms with Crippen molar-refractivity contribution in [2.75, 3.05) is 11.1 Å². The third-order valence-electron chi connectivity index (χ3n) is 3.77. The van der Waals surface area contributed by atoms with Crippen LogP contribution in [0.3, 0.4) is 0 Å². The molecule has 0 spiro atoms. The van der Waals surface area contributed by atoms with Crippen molar-refractivity contribution >= 4 is 34.1 Å². The predicted molar refractivity (Wildman–Crippen MR) is 112 cm³/mol. The molecule has 0 bridgehead atoms. The standard InChI is InChI=1S/C20H15N5OS2/c26-16(22-19-21-11-12-27-19)13-28-20-23-17(14-7-3-1-4-8-14)18(24-25-20)15-9-5-2-6-10-15/h1-12H,13H2,(H,21,22,26). The summed E-state index contributed by atoms with van der Waals surface area (Å²) in [6, 6.07) is 19.7. The zero-order valence-corrected chi connectivity index (χ0v) is 16.3. The normalized spacial score (nSPS) is 10.6. The largest absolute Gasteiger partial charge is 0.301 e. The van der Waals surface area contributed by atoms with Crippen molar-refractivity contribution in [2.45, 2.75) is 5.16 Å². The minimum atomic E-state index is -0.156. The maximum atomic E-state index is 12.1. The number of rotatable bonds is 6. The van der Waals surface area contributed by atoms with E-state index in [1.54, 1.807) is 6.20 Å². The van der Waals surface area contributed by atoms with Crippen LogP contribution < -0.4 is 5.32 Å². The number of nitrogens with zero attached hydrogens (tertiary/aromatic N) is 4. The Balaban J connectivity index is 1.58. The smallest absolute Gasteiger partial charge is 0.236 e. The van der Waals surface area contributed by atoms with E-state index in [9.17, 15) is 4.79 Å². The number of aromatic nitrogens is 4. The van der Waals surface area contributed by atoms with Gasteiger partial charge in [0.25, 0.3) is 0 Å². The number of benzene rings is 2. The van der Waals surface area contributed by atoms with E-state index in [1.165, 1.54) is 23.1 Å². The van der Waals surface area contributed by atoms with E-state index >= 15 is 0 Å². The van der Waals surface area contributed by atoms with Crippen LogP contribution in [0.2, 0.25) is 0 Å². The maximum absolute atomic E-state index is 12.1. The third-order valence-corrected chi connectivity index (χ3v) is 5.30. The molecule has 0 unspecified atom stereocenters. The van der Waals surface area contributed by atoms with E-state index in [-0.39, 0.29) is 11.7 Å². The summed E-state index contributed by atoms with van der Waals surface area (Å²) in [6.07, 6.45) is 1.65. The first-order valence-corrected chi connectivity index (χ1v) is 10.3. The van der Waals surface area contributed by atoms with Gasteiger partial charge in [-0.25, -0.2) is 9.97 Å². The van der Waals surface area contributed by atoms with E-state index < -0.39 is 0 Å². The average molecular weight is 406 g/mol. The fourth-order valence-electron chi connectivity index (χ4n) is 2.53. The van der Waals surface area contributed by atoms with Crippen LogP contribution >= 0.6 is 23.1 Å². The first kappa shape index (κ1) is 18.3. The molecule has 2 aromatic carbocycles. The van der Waals surface area contributed by atoms with Crippen LogP contribution in [0.4, 0.5) is 5.13 Å². The molecule has 2 heterocycles. The molecule has 4 aromatic rings. The van der Waals surface area contributed by atoms with Gasteiger partial charge >= 0.3 is 0 Å². The molecule has 1 N–H and O–H groups in total. The number of amides is 1. The SMILES string of the molecule is O=C(CSc1nnc(-c2ccccc2)c(-c2ccccc2)n1)Nc1nccs1. The molecule has 6 nitrogen and oxygen atoms in total. The van der Waals surface area contributed by atoms with E-state index in [2.05, 4.69) is 25.5 Å². The monoisotopic (exact) mass is 405 g/mol. The van der Waals surface area contributed by atoms with Gasteiger partial charge in [-0.2, -0.15) is 0 Å². The minimum Gasteiger partial charge on any atom is -0.301 e. The molecule has 0 saturated heterocycles. The van der Waals surface area contributed by atoms with Gasteiger partial charge in [-0.1, -0.05) is 72.4 Å². The molecule has 138 valence electrons. The van der Waals surface area contributed by atoms with Gasteiger partial charge in [0.2, 0.25) is 11.1 Å². The Morgan fingerprint density at radius 2 is 1.61 bits per heavy atom. The molecule has 0 aliphatic rings. The van der Waals surface area contributed by atoms with Gasteiger partial charge in [0.15, 0.2) is 5.13 Å². The first-order chi connectivity index (χ1) is 13.8. The Morgan fingerprint density at radius 3 is 2.25 bits per heavy atom. The second kappa shape index (κ2) is 8.73. The first-order valence-electron chi connectivity index (χ1n) is 8.47. The molecule has 8 heteroatoms. The fraction of sp³-hybridized carbons (Fsp3) is 0.0500. The van der Waals surface area contributed by atoms with E-state index in [0.717, 1.165) is 16.8 Å². The summed E-state index contributed by atoms with van der Waals surface area (Å²) in [7, 11) is 0. The molecule has 0 aliphatic heterocycles. The van der Waals surface area contributed by atoms with Crippen molar-refractivity contribution in [2.24, 2.45) is 0 Å². The van der Waals surface area contributed by atoms with Crippen LogP contribution in [0.5, 0.6) is 0 Å². The van der Waals surface area contributed by atoms with Crippen LogP contribution in [-0.2, 0) is 4.79 Å².